The molecule has 0 aromatic carbocycles. The Labute approximate surface area is 161 Å². The Balaban J connectivity index is 2.36. The molecule has 27 heavy (non-hydrogen) atoms. The third-order valence-corrected chi connectivity index (χ3v) is 3.83. The minimum absolute atomic E-state index is 0.0648. The normalized spacial score (nSPS) is 12.7. The van der Waals surface area contributed by atoms with Crippen molar-refractivity contribution in [3.63, 3.8) is 0 Å². The first-order valence-electron chi connectivity index (χ1n) is 9.64. The van der Waals surface area contributed by atoms with Gasteiger partial charge < -0.3 is 19.9 Å². The zero-order chi connectivity index (χ0) is 20.4. The van der Waals surface area contributed by atoms with Crippen molar-refractivity contribution >= 4 is 12.0 Å². The molecule has 1 rings (SSSR count). The van der Waals surface area contributed by atoms with Gasteiger partial charge in [-0.2, -0.15) is 4.98 Å². The molecule has 1 unspecified atom stereocenters. The first-order valence-corrected chi connectivity index (χ1v) is 9.64. The van der Waals surface area contributed by atoms with E-state index in [1.807, 2.05) is 20.8 Å². The van der Waals surface area contributed by atoms with E-state index < -0.39 is 6.09 Å². The van der Waals surface area contributed by atoms with E-state index in [2.05, 4.69) is 34.6 Å². The average Bonchev–Trinajstić information content (AvgIpc) is 3.01. The molecule has 154 valence electrons. The number of hydrogen-bond donors (Lipinski definition) is 2. The standard InChI is InChI=1S/C19H34N4O4/c1-7-26-18(25)21-14(11-13(2)3)12-20-15(24)9-8-10-16-22-17(23-27-16)19(4,5)6/h13-14H,7-12H2,1-6H3,(H,20,24)(H,21,25). The number of alkyl carbamates (subject to hydrolysis) is 1. The van der Waals surface area contributed by atoms with Gasteiger partial charge in [0.15, 0.2) is 5.82 Å². The number of carbonyl (C=O) groups is 2. The predicted octanol–water partition coefficient (Wildman–Crippen LogP) is 2.97. The van der Waals surface area contributed by atoms with Crippen LogP contribution in [0.25, 0.3) is 0 Å². The maximum absolute atomic E-state index is 12.1. The molecule has 0 radical (unpaired) electrons. The number of carbonyl (C=O) groups excluding carboxylic acids is 2. The molecule has 1 atom stereocenters. The quantitative estimate of drug-likeness (QED) is 0.644. The summed E-state index contributed by atoms with van der Waals surface area (Å²) in [4.78, 5) is 28.1. The Morgan fingerprint density at radius 1 is 1.26 bits per heavy atom. The minimum atomic E-state index is -0.455. The van der Waals surface area contributed by atoms with Crippen molar-refractivity contribution in [3.8, 4) is 0 Å². The third kappa shape index (κ3) is 9.40. The van der Waals surface area contributed by atoms with E-state index in [1.165, 1.54) is 0 Å². The van der Waals surface area contributed by atoms with Crippen molar-refractivity contribution in [2.24, 2.45) is 5.92 Å². The maximum atomic E-state index is 12.1. The van der Waals surface area contributed by atoms with Crippen LogP contribution in [0, 0.1) is 5.92 Å². The number of ether oxygens (including phenoxy) is 1. The lowest BCUT2D eigenvalue weighted by Crippen LogP contribution is -2.44. The molecular formula is C19H34N4O4. The van der Waals surface area contributed by atoms with Crippen LogP contribution >= 0.6 is 0 Å². The lowest BCUT2D eigenvalue weighted by Gasteiger charge is -2.20. The molecule has 0 aliphatic carbocycles. The van der Waals surface area contributed by atoms with Gasteiger partial charge in [-0.3, -0.25) is 4.79 Å². The van der Waals surface area contributed by atoms with Gasteiger partial charge in [-0.05, 0) is 25.7 Å². The first-order chi connectivity index (χ1) is 12.6. The van der Waals surface area contributed by atoms with Gasteiger partial charge in [-0.15, -0.1) is 0 Å². The molecule has 2 N–H and O–H groups in total. The molecule has 1 aromatic heterocycles. The predicted molar refractivity (Wildman–Crippen MR) is 102 cm³/mol. The van der Waals surface area contributed by atoms with Crippen LogP contribution in [-0.2, 0) is 21.4 Å². The molecule has 0 spiro atoms. The fraction of sp³-hybridized carbons (Fsp3) is 0.789. The summed E-state index contributed by atoms with van der Waals surface area (Å²) in [6, 6.07) is -0.154. The van der Waals surface area contributed by atoms with Crippen molar-refractivity contribution in [2.45, 2.75) is 78.7 Å². The molecule has 0 saturated heterocycles. The second kappa shape index (κ2) is 10.9. The molecule has 1 heterocycles. The molecule has 1 aromatic rings. The Morgan fingerprint density at radius 2 is 1.96 bits per heavy atom. The molecule has 2 amide bonds. The molecule has 0 aliphatic rings. The molecule has 0 saturated carbocycles. The summed E-state index contributed by atoms with van der Waals surface area (Å²) in [5.74, 6) is 1.55. The summed E-state index contributed by atoms with van der Waals surface area (Å²) in [7, 11) is 0. The number of amides is 2. The highest BCUT2D eigenvalue weighted by Gasteiger charge is 2.21. The van der Waals surface area contributed by atoms with Crippen LogP contribution in [0.3, 0.4) is 0 Å². The number of aromatic nitrogens is 2. The fourth-order valence-electron chi connectivity index (χ4n) is 2.49. The maximum Gasteiger partial charge on any atom is 0.407 e. The molecule has 0 fully saturated rings. The van der Waals surface area contributed by atoms with E-state index >= 15 is 0 Å². The van der Waals surface area contributed by atoms with Gasteiger partial charge in [0.1, 0.15) is 0 Å². The topological polar surface area (TPSA) is 106 Å². The molecule has 0 bridgehead atoms. The molecular weight excluding hydrogens is 348 g/mol. The molecule has 8 nitrogen and oxygen atoms in total. The summed E-state index contributed by atoms with van der Waals surface area (Å²) in [5.41, 5.74) is -0.156. The van der Waals surface area contributed by atoms with Gasteiger partial charge in [-0.25, -0.2) is 4.79 Å². The van der Waals surface area contributed by atoms with Gasteiger partial charge >= 0.3 is 6.09 Å². The summed E-state index contributed by atoms with van der Waals surface area (Å²) < 4.78 is 10.1. The van der Waals surface area contributed by atoms with Crippen LogP contribution in [-0.4, -0.2) is 41.3 Å². The Kier molecular flexibility index (Phi) is 9.25. The number of aryl methyl sites for hydroxylation is 1. The first kappa shape index (κ1) is 22.9. The lowest BCUT2D eigenvalue weighted by atomic mass is 9.96. The zero-order valence-corrected chi connectivity index (χ0v) is 17.4. The molecule has 0 aliphatic heterocycles. The van der Waals surface area contributed by atoms with Crippen molar-refractivity contribution < 1.29 is 18.8 Å². The summed E-state index contributed by atoms with van der Waals surface area (Å²) >= 11 is 0. The van der Waals surface area contributed by atoms with Crippen LogP contribution in [0.1, 0.15) is 72.5 Å². The second-order valence-electron chi connectivity index (χ2n) is 8.11. The van der Waals surface area contributed by atoms with Crippen molar-refractivity contribution in [2.75, 3.05) is 13.2 Å². The van der Waals surface area contributed by atoms with Crippen LogP contribution in [0.4, 0.5) is 4.79 Å². The van der Waals surface area contributed by atoms with Crippen molar-refractivity contribution in [1.82, 2.24) is 20.8 Å². The van der Waals surface area contributed by atoms with Crippen molar-refractivity contribution in [1.29, 1.82) is 0 Å². The highest BCUT2D eigenvalue weighted by atomic mass is 16.5. The number of hydrogen-bond acceptors (Lipinski definition) is 6. The summed E-state index contributed by atoms with van der Waals surface area (Å²) in [6.45, 7) is 12.7. The Hall–Kier alpha value is -2.12. The number of rotatable bonds is 10. The van der Waals surface area contributed by atoms with E-state index in [0.29, 0.717) is 50.0 Å². The van der Waals surface area contributed by atoms with Gasteiger partial charge in [0.25, 0.3) is 0 Å². The van der Waals surface area contributed by atoms with Gasteiger partial charge in [0.2, 0.25) is 11.8 Å². The van der Waals surface area contributed by atoms with Crippen LogP contribution in [0.15, 0.2) is 4.52 Å². The van der Waals surface area contributed by atoms with Crippen molar-refractivity contribution in [3.05, 3.63) is 11.7 Å². The lowest BCUT2D eigenvalue weighted by molar-refractivity contribution is -0.121. The van der Waals surface area contributed by atoms with E-state index in [4.69, 9.17) is 9.26 Å². The van der Waals surface area contributed by atoms with Gasteiger partial charge in [0.05, 0.1) is 6.61 Å². The highest BCUT2D eigenvalue weighted by Crippen LogP contribution is 2.18. The van der Waals surface area contributed by atoms with Crippen LogP contribution in [0.2, 0.25) is 0 Å². The summed E-state index contributed by atoms with van der Waals surface area (Å²) in [5, 5.41) is 9.65. The number of nitrogens with zero attached hydrogens (tertiary/aromatic N) is 2. The van der Waals surface area contributed by atoms with E-state index in [9.17, 15) is 9.59 Å². The van der Waals surface area contributed by atoms with E-state index in [1.54, 1.807) is 6.92 Å². The van der Waals surface area contributed by atoms with E-state index in [-0.39, 0.29) is 17.4 Å². The minimum Gasteiger partial charge on any atom is -0.450 e. The Bertz CT molecular complexity index is 593. The summed E-state index contributed by atoms with van der Waals surface area (Å²) in [6.07, 6.45) is 1.85. The van der Waals surface area contributed by atoms with E-state index in [0.717, 1.165) is 6.42 Å². The third-order valence-electron chi connectivity index (χ3n) is 3.83. The smallest absolute Gasteiger partial charge is 0.407 e. The second-order valence-corrected chi connectivity index (χ2v) is 8.11. The van der Waals surface area contributed by atoms with Gasteiger partial charge in [0, 0.05) is 30.8 Å². The highest BCUT2D eigenvalue weighted by molar-refractivity contribution is 5.76. The number of nitrogens with one attached hydrogen (secondary N) is 2. The SMILES string of the molecule is CCOC(=O)NC(CNC(=O)CCCc1nc(C(C)(C)C)no1)CC(C)C. The zero-order valence-electron chi connectivity index (χ0n) is 17.4. The van der Waals surface area contributed by atoms with Gasteiger partial charge in [-0.1, -0.05) is 39.8 Å². The average molecular weight is 383 g/mol. The Morgan fingerprint density at radius 3 is 2.52 bits per heavy atom. The monoisotopic (exact) mass is 382 g/mol. The van der Waals surface area contributed by atoms with Crippen LogP contribution < -0.4 is 10.6 Å². The largest absolute Gasteiger partial charge is 0.450 e. The molecule has 8 heteroatoms. The van der Waals surface area contributed by atoms with Crippen LogP contribution in [0.5, 0.6) is 0 Å². The fourth-order valence-corrected chi connectivity index (χ4v) is 2.49.